The first kappa shape index (κ1) is 18.9. The summed E-state index contributed by atoms with van der Waals surface area (Å²) in [4.78, 5) is 18.7. The monoisotopic (exact) mass is 456 g/mol. The highest BCUT2D eigenvalue weighted by molar-refractivity contribution is 9.10. The van der Waals surface area contributed by atoms with E-state index in [9.17, 15) is 18.0 Å². The number of hydrogen-bond donors (Lipinski definition) is 0. The molecule has 28 heavy (non-hydrogen) atoms. The highest BCUT2D eigenvalue weighted by Crippen LogP contribution is 2.41. The fourth-order valence-electron chi connectivity index (χ4n) is 3.04. The van der Waals surface area contributed by atoms with Crippen molar-refractivity contribution < 1.29 is 18.0 Å². The molecule has 0 unspecified atom stereocenters. The van der Waals surface area contributed by atoms with E-state index in [2.05, 4.69) is 31.1 Å². The molecule has 1 amide bonds. The molecule has 1 aliphatic carbocycles. The predicted octanol–water partition coefficient (Wildman–Crippen LogP) is 3.39. The third-order valence-electron chi connectivity index (χ3n) is 4.75. The van der Waals surface area contributed by atoms with Gasteiger partial charge in [-0.3, -0.25) is 9.48 Å². The molecule has 148 valence electrons. The van der Waals surface area contributed by atoms with Gasteiger partial charge in [0, 0.05) is 25.7 Å². The van der Waals surface area contributed by atoms with Crippen molar-refractivity contribution in [2.75, 3.05) is 7.05 Å². The lowest BCUT2D eigenvalue weighted by molar-refractivity contribution is -0.142. The van der Waals surface area contributed by atoms with E-state index in [1.165, 1.54) is 4.90 Å². The lowest BCUT2D eigenvalue weighted by Gasteiger charge is -2.17. The molecule has 0 radical (unpaired) electrons. The highest BCUT2D eigenvalue weighted by atomic mass is 79.9. The maximum absolute atomic E-state index is 13.5. The number of carbonyl (C=O) groups excluding carboxylic acids is 1. The second-order valence-corrected chi connectivity index (χ2v) is 7.71. The summed E-state index contributed by atoms with van der Waals surface area (Å²) in [5.41, 5.74) is 0.156. The molecule has 4 rings (SSSR count). The Hall–Kier alpha value is -2.43. The molecule has 1 fully saturated rings. The van der Waals surface area contributed by atoms with Crippen LogP contribution < -0.4 is 0 Å². The number of amides is 1. The van der Waals surface area contributed by atoms with Gasteiger partial charge in [-0.25, -0.2) is 9.50 Å². The van der Waals surface area contributed by atoms with E-state index in [4.69, 9.17) is 0 Å². The Morgan fingerprint density at radius 3 is 2.61 bits per heavy atom. The van der Waals surface area contributed by atoms with Crippen LogP contribution in [0, 0.1) is 0 Å². The molecule has 1 aliphatic rings. The normalized spacial score (nSPS) is 14.6. The number of fused-ring (bicyclic) bond motifs is 1. The second kappa shape index (κ2) is 6.57. The Labute approximate surface area is 166 Å². The molecule has 0 aromatic carbocycles. The third-order valence-corrected chi connectivity index (χ3v) is 5.41. The van der Waals surface area contributed by atoms with Crippen molar-refractivity contribution in [3.8, 4) is 0 Å². The topological polar surface area (TPSA) is 68.3 Å². The molecule has 0 spiro atoms. The van der Waals surface area contributed by atoms with Crippen molar-refractivity contribution >= 4 is 27.5 Å². The zero-order chi connectivity index (χ0) is 20.2. The van der Waals surface area contributed by atoms with Gasteiger partial charge in [-0.15, -0.1) is 0 Å². The number of carbonyl (C=O) groups is 1. The number of nitrogens with zero attached hydrogens (tertiary/aromatic N) is 6. The van der Waals surface area contributed by atoms with Crippen LogP contribution in [0.5, 0.6) is 0 Å². The maximum Gasteiger partial charge on any atom is 0.433 e. The SMILES string of the molecule is CN(Cc1c(Br)cnn1C)C(=O)c1cnn2c(C(F)(F)F)cc(C3CC3)nc12. The summed E-state index contributed by atoms with van der Waals surface area (Å²) >= 11 is 3.37. The average molecular weight is 457 g/mol. The number of halogens is 4. The van der Waals surface area contributed by atoms with E-state index in [0.717, 1.165) is 35.3 Å². The van der Waals surface area contributed by atoms with Gasteiger partial charge in [-0.1, -0.05) is 0 Å². The fraction of sp³-hybridized carbons (Fsp3) is 0.412. The standard InChI is InChI=1S/C17H16BrF3N6O/c1-25(8-13-11(18)7-22-26(13)2)16(28)10-6-23-27-14(17(19,20)21)5-12(9-3-4-9)24-15(10)27/h5-7,9H,3-4,8H2,1-2H3. The van der Waals surface area contributed by atoms with Gasteiger partial charge in [0.25, 0.3) is 5.91 Å². The Morgan fingerprint density at radius 1 is 1.32 bits per heavy atom. The Bertz CT molecular complexity index is 1050. The second-order valence-electron chi connectivity index (χ2n) is 6.86. The van der Waals surface area contributed by atoms with E-state index in [-0.39, 0.29) is 23.7 Å². The van der Waals surface area contributed by atoms with Crippen LogP contribution in [-0.4, -0.2) is 42.2 Å². The van der Waals surface area contributed by atoms with E-state index in [1.807, 2.05) is 0 Å². The molecular weight excluding hydrogens is 441 g/mol. The van der Waals surface area contributed by atoms with Crippen LogP contribution in [0.15, 0.2) is 22.9 Å². The van der Waals surface area contributed by atoms with Gasteiger partial charge in [0.15, 0.2) is 5.65 Å². The zero-order valence-corrected chi connectivity index (χ0v) is 16.6. The number of rotatable bonds is 4. The van der Waals surface area contributed by atoms with Crippen molar-refractivity contribution in [2.24, 2.45) is 7.05 Å². The summed E-state index contributed by atoms with van der Waals surface area (Å²) in [6, 6.07) is 1.03. The molecule has 0 bridgehead atoms. The summed E-state index contributed by atoms with van der Waals surface area (Å²) in [6.07, 6.45) is -0.241. The Kier molecular flexibility index (Phi) is 4.44. The lowest BCUT2D eigenvalue weighted by atomic mass is 10.2. The number of hydrogen-bond acceptors (Lipinski definition) is 4. The van der Waals surface area contributed by atoms with Crippen LogP contribution >= 0.6 is 15.9 Å². The minimum Gasteiger partial charge on any atom is -0.336 e. The van der Waals surface area contributed by atoms with Gasteiger partial charge in [-0.2, -0.15) is 23.4 Å². The van der Waals surface area contributed by atoms with Gasteiger partial charge in [0.2, 0.25) is 0 Å². The molecule has 0 N–H and O–H groups in total. The van der Waals surface area contributed by atoms with Crippen molar-refractivity contribution in [1.82, 2.24) is 29.3 Å². The predicted molar refractivity (Wildman–Crippen MR) is 96.7 cm³/mol. The molecule has 11 heteroatoms. The van der Waals surface area contributed by atoms with Crippen molar-refractivity contribution in [1.29, 1.82) is 0 Å². The Morgan fingerprint density at radius 2 is 2.04 bits per heavy atom. The summed E-state index contributed by atoms with van der Waals surface area (Å²) in [5, 5.41) is 7.90. The summed E-state index contributed by atoms with van der Waals surface area (Å²) < 4.78 is 43.5. The fourth-order valence-corrected chi connectivity index (χ4v) is 3.51. The zero-order valence-electron chi connectivity index (χ0n) is 15.0. The van der Waals surface area contributed by atoms with E-state index >= 15 is 0 Å². The van der Waals surface area contributed by atoms with Crippen LogP contribution in [0.4, 0.5) is 13.2 Å². The van der Waals surface area contributed by atoms with Crippen molar-refractivity contribution in [3.05, 3.63) is 45.6 Å². The summed E-state index contributed by atoms with van der Waals surface area (Å²) in [6.45, 7) is 0.224. The third kappa shape index (κ3) is 3.27. The van der Waals surface area contributed by atoms with E-state index in [0.29, 0.717) is 10.2 Å². The van der Waals surface area contributed by atoms with Crippen molar-refractivity contribution in [3.63, 3.8) is 0 Å². The van der Waals surface area contributed by atoms with Gasteiger partial charge >= 0.3 is 6.18 Å². The van der Waals surface area contributed by atoms with Crippen LogP contribution in [-0.2, 0) is 19.8 Å². The largest absolute Gasteiger partial charge is 0.433 e. The van der Waals surface area contributed by atoms with Crippen LogP contribution in [0.3, 0.4) is 0 Å². The first-order valence-corrected chi connectivity index (χ1v) is 9.34. The molecule has 3 aromatic heterocycles. The minimum absolute atomic E-state index is 0.00656. The lowest BCUT2D eigenvalue weighted by Crippen LogP contribution is -2.27. The first-order chi connectivity index (χ1) is 13.2. The first-order valence-electron chi connectivity index (χ1n) is 8.54. The Balaban J connectivity index is 1.74. The molecule has 0 aliphatic heterocycles. The summed E-state index contributed by atoms with van der Waals surface area (Å²) in [7, 11) is 3.31. The number of alkyl halides is 3. The van der Waals surface area contributed by atoms with Gasteiger partial charge in [0.1, 0.15) is 11.3 Å². The average Bonchev–Trinajstić information content (AvgIpc) is 3.33. The molecule has 7 nitrogen and oxygen atoms in total. The van der Waals surface area contributed by atoms with Crippen LogP contribution in [0.2, 0.25) is 0 Å². The van der Waals surface area contributed by atoms with Gasteiger partial charge in [-0.05, 0) is 34.8 Å². The quantitative estimate of drug-likeness (QED) is 0.603. The molecular formula is C17H16BrF3N6O. The van der Waals surface area contributed by atoms with Crippen LogP contribution in [0.25, 0.3) is 5.65 Å². The molecule has 1 saturated carbocycles. The maximum atomic E-state index is 13.5. The highest BCUT2D eigenvalue weighted by Gasteiger charge is 2.38. The number of aromatic nitrogens is 5. The van der Waals surface area contributed by atoms with Gasteiger partial charge in [0.05, 0.1) is 29.1 Å². The van der Waals surface area contributed by atoms with E-state index < -0.39 is 17.8 Å². The number of aryl methyl sites for hydroxylation is 1. The summed E-state index contributed by atoms with van der Waals surface area (Å²) in [5.74, 6) is -0.455. The minimum atomic E-state index is -4.59. The smallest absolute Gasteiger partial charge is 0.336 e. The van der Waals surface area contributed by atoms with Crippen LogP contribution in [0.1, 0.15) is 46.2 Å². The van der Waals surface area contributed by atoms with Gasteiger partial charge < -0.3 is 4.90 Å². The molecule has 3 aromatic rings. The molecule has 0 saturated heterocycles. The molecule has 3 heterocycles. The van der Waals surface area contributed by atoms with E-state index in [1.54, 1.807) is 25.0 Å². The molecule has 0 atom stereocenters. The van der Waals surface area contributed by atoms with Crippen molar-refractivity contribution in [2.45, 2.75) is 31.5 Å².